The van der Waals surface area contributed by atoms with E-state index in [0.29, 0.717) is 11.3 Å². The molecule has 0 aliphatic rings. The highest BCUT2D eigenvalue weighted by Crippen LogP contribution is 2.38. The van der Waals surface area contributed by atoms with Crippen molar-refractivity contribution in [3.63, 3.8) is 0 Å². The average molecular weight is 300 g/mol. The molecule has 6 heteroatoms. The molecule has 0 unspecified atom stereocenters. The number of hydrogen-bond donors (Lipinski definition) is 0. The minimum atomic E-state index is -4.69. The van der Waals surface area contributed by atoms with Crippen LogP contribution in [0.5, 0.6) is 0 Å². The third-order valence-corrected chi connectivity index (χ3v) is 3.31. The third-order valence-electron chi connectivity index (χ3n) is 2.54. The van der Waals surface area contributed by atoms with Gasteiger partial charge in [-0.3, -0.25) is 4.79 Å². The molecule has 1 heterocycles. The highest BCUT2D eigenvalue weighted by atomic mass is 32.2. The molecule has 1 aromatic carbocycles. The molecule has 2 rings (SSSR count). The van der Waals surface area contributed by atoms with Crippen LogP contribution in [-0.4, -0.2) is 10.9 Å². The van der Waals surface area contributed by atoms with Crippen molar-refractivity contribution >= 4 is 16.9 Å². The minimum Gasteiger partial charge on any atom is -0.451 e. The van der Waals surface area contributed by atoms with Gasteiger partial charge in [0, 0.05) is 5.56 Å². The Balaban J connectivity index is 2.50. The largest absolute Gasteiger partial charge is 0.451 e. The highest BCUT2D eigenvalue weighted by Gasteiger charge is 2.40. The summed E-state index contributed by atoms with van der Waals surface area (Å²) in [7, 11) is 0. The first-order valence-electron chi connectivity index (χ1n) is 5.87. The van der Waals surface area contributed by atoms with Crippen LogP contribution in [0.3, 0.4) is 0 Å². The maximum Gasteiger partial charge on any atom is 0.450 e. The van der Waals surface area contributed by atoms with Crippen LogP contribution in [0, 0.1) is 0 Å². The fourth-order valence-electron chi connectivity index (χ4n) is 1.71. The monoisotopic (exact) mass is 300 g/mol. The Hall–Kier alpha value is -1.69. The third kappa shape index (κ3) is 3.07. The van der Waals surface area contributed by atoms with Gasteiger partial charge in [-0.1, -0.05) is 49.0 Å². The summed E-state index contributed by atoms with van der Waals surface area (Å²) in [5.41, 5.74) is 0.0711. The molecule has 0 radical (unpaired) electrons. The number of carbonyl (C=O) groups excluding carboxylic acids is 1. The zero-order valence-corrected chi connectivity index (χ0v) is 11.3. The second kappa shape index (κ2) is 5.75. The van der Waals surface area contributed by atoms with Crippen molar-refractivity contribution in [2.45, 2.75) is 13.1 Å². The van der Waals surface area contributed by atoms with E-state index in [1.165, 1.54) is 0 Å². The molecule has 0 amide bonds. The van der Waals surface area contributed by atoms with Gasteiger partial charge in [0.05, 0.1) is 5.56 Å². The molecule has 106 valence electrons. The van der Waals surface area contributed by atoms with E-state index >= 15 is 0 Å². The summed E-state index contributed by atoms with van der Waals surface area (Å²) in [5, 5.41) is -0.634. The number of hydrogen-bond acceptors (Lipinski definition) is 3. The highest BCUT2D eigenvalue weighted by molar-refractivity contribution is 8.14. The Kier molecular flexibility index (Phi) is 4.23. The normalized spacial score (nSPS) is 11.6. The van der Waals surface area contributed by atoms with Crippen molar-refractivity contribution in [1.29, 1.82) is 0 Å². The summed E-state index contributed by atoms with van der Waals surface area (Å²) in [6.07, 6.45) is -4.69. The molecular formula is C14H11F3O2S. The first-order valence-corrected chi connectivity index (χ1v) is 6.85. The van der Waals surface area contributed by atoms with Gasteiger partial charge in [-0.2, -0.15) is 13.2 Å². The zero-order chi connectivity index (χ0) is 14.8. The van der Waals surface area contributed by atoms with Crippen molar-refractivity contribution in [2.75, 3.05) is 5.75 Å². The smallest absolute Gasteiger partial charge is 0.450 e. The van der Waals surface area contributed by atoms with E-state index in [4.69, 9.17) is 4.42 Å². The lowest BCUT2D eigenvalue weighted by Gasteiger charge is -2.04. The van der Waals surface area contributed by atoms with E-state index in [2.05, 4.69) is 0 Å². The van der Waals surface area contributed by atoms with Crippen LogP contribution in [0.4, 0.5) is 13.2 Å². The van der Waals surface area contributed by atoms with Gasteiger partial charge in [-0.05, 0) is 11.8 Å². The topological polar surface area (TPSA) is 30.2 Å². The molecule has 0 fully saturated rings. The fourth-order valence-corrected chi connectivity index (χ4v) is 2.28. The van der Waals surface area contributed by atoms with Crippen LogP contribution in [0.15, 0.2) is 40.8 Å². The van der Waals surface area contributed by atoms with Gasteiger partial charge < -0.3 is 4.42 Å². The Morgan fingerprint density at radius 3 is 2.45 bits per heavy atom. The van der Waals surface area contributed by atoms with E-state index in [1.807, 2.05) is 0 Å². The number of halogens is 3. The van der Waals surface area contributed by atoms with Gasteiger partial charge in [0.2, 0.25) is 10.9 Å². The molecule has 0 N–H and O–H groups in total. The van der Waals surface area contributed by atoms with Crippen LogP contribution < -0.4 is 0 Å². The number of furan rings is 1. The second-order valence-electron chi connectivity index (χ2n) is 3.94. The lowest BCUT2D eigenvalue weighted by molar-refractivity contribution is -0.152. The number of benzene rings is 1. The first-order chi connectivity index (χ1) is 9.43. The van der Waals surface area contributed by atoms with E-state index in [9.17, 15) is 18.0 Å². The van der Waals surface area contributed by atoms with Crippen LogP contribution in [0.25, 0.3) is 11.3 Å². The molecular weight excluding hydrogens is 289 g/mol. The molecule has 0 aliphatic carbocycles. The summed E-state index contributed by atoms with van der Waals surface area (Å²) >= 11 is 0.824. The fraction of sp³-hybridized carbons (Fsp3) is 0.214. The van der Waals surface area contributed by atoms with E-state index in [0.717, 1.165) is 17.8 Å². The summed E-state index contributed by atoms with van der Waals surface area (Å²) in [4.78, 5) is 11.8. The van der Waals surface area contributed by atoms with Gasteiger partial charge in [0.15, 0.2) is 0 Å². The number of rotatable bonds is 3. The molecule has 1 aromatic heterocycles. The SMILES string of the molecule is CCSC(=O)c1cc(-c2ccccc2)oc1C(F)(F)F. The molecule has 0 bridgehead atoms. The van der Waals surface area contributed by atoms with Crippen molar-refractivity contribution in [3.8, 4) is 11.3 Å². The lowest BCUT2D eigenvalue weighted by atomic mass is 10.1. The Bertz CT molecular complexity index is 603. The minimum absolute atomic E-state index is 0.0398. The van der Waals surface area contributed by atoms with Crippen LogP contribution >= 0.6 is 11.8 Å². The van der Waals surface area contributed by atoms with Gasteiger partial charge in [-0.25, -0.2) is 0 Å². The molecule has 0 aliphatic heterocycles. The second-order valence-corrected chi connectivity index (χ2v) is 5.17. The molecule has 0 atom stereocenters. The molecule has 0 saturated heterocycles. The van der Waals surface area contributed by atoms with Crippen molar-refractivity contribution < 1.29 is 22.4 Å². The molecule has 2 aromatic rings. The quantitative estimate of drug-likeness (QED) is 0.811. The maximum atomic E-state index is 12.9. The molecule has 2 nitrogen and oxygen atoms in total. The van der Waals surface area contributed by atoms with Gasteiger partial charge in [-0.15, -0.1) is 0 Å². The van der Waals surface area contributed by atoms with Crippen LogP contribution in [0.1, 0.15) is 23.0 Å². The molecule has 0 saturated carbocycles. The lowest BCUT2D eigenvalue weighted by Crippen LogP contribution is -2.09. The van der Waals surface area contributed by atoms with Crippen molar-refractivity contribution in [3.05, 3.63) is 47.7 Å². The van der Waals surface area contributed by atoms with E-state index in [1.54, 1.807) is 37.3 Å². The standard InChI is InChI=1S/C14H11F3O2S/c1-2-20-13(18)10-8-11(9-6-4-3-5-7-9)19-12(10)14(15,16)17/h3-8H,2H2,1H3. The van der Waals surface area contributed by atoms with E-state index in [-0.39, 0.29) is 5.76 Å². The van der Waals surface area contributed by atoms with Crippen molar-refractivity contribution in [2.24, 2.45) is 0 Å². The maximum absolute atomic E-state index is 12.9. The molecule has 0 spiro atoms. The Morgan fingerprint density at radius 1 is 1.25 bits per heavy atom. The Morgan fingerprint density at radius 2 is 1.90 bits per heavy atom. The van der Waals surface area contributed by atoms with Gasteiger partial charge >= 0.3 is 6.18 Å². The zero-order valence-electron chi connectivity index (χ0n) is 10.5. The van der Waals surface area contributed by atoms with Gasteiger partial charge in [0.1, 0.15) is 5.76 Å². The molecule has 20 heavy (non-hydrogen) atoms. The average Bonchev–Trinajstić information content (AvgIpc) is 2.85. The van der Waals surface area contributed by atoms with Crippen molar-refractivity contribution in [1.82, 2.24) is 0 Å². The summed E-state index contributed by atoms with van der Waals surface area (Å²) < 4.78 is 43.6. The predicted octanol–water partition coefficient (Wildman–Crippen LogP) is 4.86. The van der Waals surface area contributed by atoms with Gasteiger partial charge in [0.25, 0.3) is 0 Å². The number of thioether (sulfide) groups is 1. The van der Waals surface area contributed by atoms with Crippen LogP contribution in [0.2, 0.25) is 0 Å². The van der Waals surface area contributed by atoms with Crippen LogP contribution in [-0.2, 0) is 6.18 Å². The number of carbonyl (C=O) groups is 1. The van der Waals surface area contributed by atoms with E-state index < -0.39 is 22.6 Å². The summed E-state index contributed by atoms with van der Waals surface area (Å²) in [6, 6.07) is 9.53. The Labute approximate surface area is 118 Å². The number of alkyl halides is 3. The first kappa shape index (κ1) is 14.7. The summed E-state index contributed by atoms with van der Waals surface area (Å²) in [5.74, 6) is -0.789. The predicted molar refractivity (Wildman–Crippen MR) is 71.6 cm³/mol. The summed E-state index contributed by atoms with van der Waals surface area (Å²) in [6.45, 7) is 1.70.